The molecular weight excluding hydrogens is 284 g/mol. The van der Waals surface area contributed by atoms with Crippen LogP contribution in [0, 0.1) is 6.92 Å². The molecule has 0 spiro atoms. The number of H-pyrrole nitrogens is 1. The Labute approximate surface area is 128 Å². The normalized spacial score (nSPS) is 14.9. The second-order valence-electron chi connectivity index (χ2n) is 5.47. The van der Waals surface area contributed by atoms with Crippen LogP contribution in [0.25, 0.3) is 10.6 Å². The van der Waals surface area contributed by atoms with Crippen LogP contribution in [0.3, 0.4) is 0 Å². The molecule has 0 atom stereocenters. The van der Waals surface area contributed by atoms with Gasteiger partial charge in [-0.15, -0.1) is 11.3 Å². The second kappa shape index (κ2) is 5.56. The van der Waals surface area contributed by atoms with Crippen LogP contribution in [-0.4, -0.2) is 23.2 Å². The molecule has 2 N–H and O–H groups in total. The highest BCUT2D eigenvalue weighted by Crippen LogP contribution is 2.37. The average molecular weight is 304 g/mol. The highest BCUT2D eigenvalue weighted by molar-refractivity contribution is 7.19. The number of pyridine rings is 1. The van der Waals surface area contributed by atoms with Crippen molar-refractivity contribution < 1.29 is 5.11 Å². The van der Waals surface area contributed by atoms with Crippen LogP contribution in [0.5, 0.6) is 5.75 Å². The number of anilines is 1. The molecule has 3 heterocycles. The van der Waals surface area contributed by atoms with Crippen LogP contribution in [0.1, 0.15) is 30.9 Å². The van der Waals surface area contributed by atoms with E-state index < -0.39 is 0 Å². The van der Waals surface area contributed by atoms with Gasteiger partial charge in [0.1, 0.15) is 5.75 Å². The molecular formula is C16H20N2O2S. The van der Waals surface area contributed by atoms with E-state index in [-0.39, 0.29) is 11.3 Å². The van der Waals surface area contributed by atoms with Gasteiger partial charge < -0.3 is 15.0 Å². The van der Waals surface area contributed by atoms with E-state index in [1.54, 1.807) is 18.3 Å². The summed E-state index contributed by atoms with van der Waals surface area (Å²) in [6, 6.07) is 4.15. The summed E-state index contributed by atoms with van der Waals surface area (Å²) in [5.41, 5.74) is 1.77. The maximum Gasteiger partial charge on any atom is 0.255 e. The quantitative estimate of drug-likeness (QED) is 0.915. The minimum absolute atomic E-state index is 0.132. The largest absolute Gasteiger partial charge is 0.507 e. The molecule has 1 aliphatic rings. The number of hydrogen-bond acceptors (Lipinski definition) is 4. The zero-order chi connectivity index (χ0) is 15.0. The van der Waals surface area contributed by atoms with Gasteiger partial charge in [0.15, 0.2) is 0 Å². The van der Waals surface area contributed by atoms with Gasteiger partial charge in [-0.25, -0.2) is 0 Å². The predicted molar refractivity (Wildman–Crippen MR) is 87.6 cm³/mol. The first-order valence-corrected chi connectivity index (χ1v) is 8.23. The Morgan fingerprint density at radius 3 is 2.71 bits per heavy atom. The van der Waals surface area contributed by atoms with Gasteiger partial charge in [0.2, 0.25) is 0 Å². The van der Waals surface area contributed by atoms with Crippen LogP contribution in [-0.2, 0) is 6.42 Å². The van der Waals surface area contributed by atoms with E-state index in [0.717, 1.165) is 29.2 Å². The van der Waals surface area contributed by atoms with Crippen molar-refractivity contribution >= 4 is 16.3 Å². The number of aromatic nitrogens is 1. The number of aromatic amines is 1. The zero-order valence-electron chi connectivity index (χ0n) is 12.4. The Bertz CT molecular complexity index is 712. The molecule has 21 heavy (non-hydrogen) atoms. The summed E-state index contributed by atoms with van der Waals surface area (Å²) in [5.74, 6) is 0.132. The first kappa shape index (κ1) is 14.2. The Morgan fingerprint density at radius 2 is 2.05 bits per heavy atom. The molecule has 112 valence electrons. The van der Waals surface area contributed by atoms with Crippen molar-refractivity contribution in [1.29, 1.82) is 0 Å². The number of thiophene rings is 1. The van der Waals surface area contributed by atoms with Crippen molar-refractivity contribution in [3.63, 3.8) is 0 Å². The summed E-state index contributed by atoms with van der Waals surface area (Å²) in [6.45, 7) is 5.86. The molecule has 1 aliphatic heterocycles. The number of hydrogen-bond donors (Lipinski definition) is 2. The van der Waals surface area contributed by atoms with Gasteiger partial charge in [0.25, 0.3) is 5.56 Å². The van der Waals surface area contributed by atoms with Crippen LogP contribution in [0.15, 0.2) is 16.9 Å². The first-order chi connectivity index (χ1) is 10.1. The van der Waals surface area contributed by atoms with Crippen molar-refractivity contribution in [2.45, 2.75) is 33.1 Å². The fraction of sp³-hybridized carbons (Fsp3) is 0.438. The highest BCUT2D eigenvalue weighted by atomic mass is 32.1. The molecule has 1 saturated heterocycles. The van der Waals surface area contributed by atoms with Crippen molar-refractivity contribution in [2.24, 2.45) is 0 Å². The van der Waals surface area contributed by atoms with E-state index in [1.807, 2.05) is 13.0 Å². The molecule has 0 bridgehead atoms. The molecule has 1 fully saturated rings. The molecule has 0 radical (unpaired) electrons. The Morgan fingerprint density at radius 1 is 1.33 bits per heavy atom. The smallest absolute Gasteiger partial charge is 0.255 e. The standard InChI is InChI=1S/C16H20N2O2S/c1-3-11-14(17-16(20)10(2)15(11)19)12-6-7-13(21-12)18-8-4-5-9-18/h6-7H,3-5,8-9H2,1-2H3,(H2,17,19,20). The lowest BCUT2D eigenvalue weighted by Crippen LogP contribution is -2.15. The van der Waals surface area contributed by atoms with Gasteiger partial charge in [-0.3, -0.25) is 4.79 Å². The summed E-state index contributed by atoms with van der Waals surface area (Å²) < 4.78 is 0. The van der Waals surface area contributed by atoms with Gasteiger partial charge in [-0.05, 0) is 38.3 Å². The van der Waals surface area contributed by atoms with Crippen LogP contribution < -0.4 is 10.5 Å². The predicted octanol–water partition coefficient (Wildman–Crippen LogP) is 3.28. The highest BCUT2D eigenvalue weighted by Gasteiger charge is 2.18. The maximum absolute atomic E-state index is 11.9. The van der Waals surface area contributed by atoms with Crippen molar-refractivity contribution in [1.82, 2.24) is 4.98 Å². The van der Waals surface area contributed by atoms with Gasteiger partial charge >= 0.3 is 0 Å². The third-order valence-electron chi connectivity index (χ3n) is 4.13. The molecule has 0 saturated carbocycles. The number of aromatic hydroxyl groups is 1. The lowest BCUT2D eigenvalue weighted by atomic mass is 10.1. The fourth-order valence-electron chi connectivity index (χ4n) is 2.86. The van der Waals surface area contributed by atoms with Crippen molar-refractivity contribution in [3.05, 3.63) is 33.6 Å². The SMILES string of the molecule is CCc1c(-c2ccc(N3CCCC3)s2)[nH]c(=O)c(C)c1O. The Balaban J connectivity index is 2.06. The summed E-state index contributed by atoms with van der Waals surface area (Å²) in [6.07, 6.45) is 3.18. The third kappa shape index (κ3) is 2.46. The van der Waals surface area contributed by atoms with Crippen LogP contribution >= 0.6 is 11.3 Å². The number of nitrogens with one attached hydrogen (secondary N) is 1. The molecule has 0 aromatic carbocycles. The van der Waals surface area contributed by atoms with Gasteiger partial charge in [0, 0.05) is 18.7 Å². The van der Waals surface area contributed by atoms with E-state index in [1.165, 1.54) is 17.8 Å². The van der Waals surface area contributed by atoms with Crippen LogP contribution in [0.4, 0.5) is 5.00 Å². The van der Waals surface area contributed by atoms with E-state index >= 15 is 0 Å². The first-order valence-electron chi connectivity index (χ1n) is 7.41. The van der Waals surface area contributed by atoms with E-state index in [2.05, 4.69) is 16.0 Å². The van der Waals surface area contributed by atoms with E-state index in [9.17, 15) is 9.90 Å². The number of rotatable bonds is 3. The lowest BCUT2D eigenvalue weighted by molar-refractivity contribution is 0.463. The van der Waals surface area contributed by atoms with Gasteiger partial charge in [0.05, 0.1) is 21.1 Å². The van der Waals surface area contributed by atoms with E-state index in [4.69, 9.17) is 0 Å². The topological polar surface area (TPSA) is 56.3 Å². The Kier molecular flexibility index (Phi) is 3.76. The maximum atomic E-state index is 11.9. The van der Waals surface area contributed by atoms with Crippen LogP contribution in [0.2, 0.25) is 0 Å². The summed E-state index contributed by atoms with van der Waals surface area (Å²) >= 11 is 1.68. The minimum Gasteiger partial charge on any atom is -0.507 e. The Hall–Kier alpha value is -1.75. The summed E-state index contributed by atoms with van der Waals surface area (Å²) in [4.78, 5) is 18.3. The molecule has 0 aliphatic carbocycles. The van der Waals surface area contributed by atoms with Crippen molar-refractivity contribution in [2.75, 3.05) is 18.0 Å². The molecule has 4 nitrogen and oxygen atoms in total. The number of nitrogens with zero attached hydrogens (tertiary/aromatic N) is 1. The third-order valence-corrected chi connectivity index (χ3v) is 5.29. The average Bonchev–Trinajstić information content (AvgIpc) is 3.14. The van der Waals surface area contributed by atoms with E-state index in [0.29, 0.717) is 12.0 Å². The minimum atomic E-state index is -0.212. The lowest BCUT2D eigenvalue weighted by Gasteiger charge is -2.14. The fourth-order valence-corrected chi connectivity index (χ4v) is 3.94. The molecule has 5 heteroatoms. The van der Waals surface area contributed by atoms with Gasteiger partial charge in [-0.1, -0.05) is 6.92 Å². The molecule has 2 aromatic heterocycles. The molecule has 3 rings (SSSR count). The van der Waals surface area contributed by atoms with Crippen molar-refractivity contribution in [3.8, 4) is 16.3 Å². The monoisotopic (exact) mass is 304 g/mol. The zero-order valence-corrected chi connectivity index (χ0v) is 13.2. The van der Waals surface area contributed by atoms with Gasteiger partial charge in [-0.2, -0.15) is 0 Å². The molecule has 2 aromatic rings. The second-order valence-corrected chi connectivity index (χ2v) is 6.53. The molecule has 0 unspecified atom stereocenters. The summed E-state index contributed by atoms with van der Waals surface area (Å²) in [7, 11) is 0. The summed E-state index contributed by atoms with van der Waals surface area (Å²) in [5, 5.41) is 11.5. The molecule has 0 amide bonds.